The molecule has 0 radical (unpaired) electrons. The van der Waals surface area contributed by atoms with Crippen LogP contribution in [0.15, 0.2) is 88.1 Å². The van der Waals surface area contributed by atoms with Crippen LogP contribution in [0, 0.1) is 0 Å². The first-order chi connectivity index (χ1) is 14.4. The van der Waals surface area contributed by atoms with Crippen molar-refractivity contribution in [3.63, 3.8) is 0 Å². The Hall–Kier alpha value is -3.08. The summed E-state index contributed by atoms with van der Waals surface area (Å²) in [5.41, 5.74) is 6.90. The monoisotopic (exact) mass is 439 g/mol. The van der Waals surface area contributed by atoms with Crippen LogP contribution in [0.1, 0.15) is 34.3 Å². The van der Waals surface area contributed by atoms with Gasteiger partial charge in [-0.2, -0.15) is 0 Å². The van der Waals surface area contributed by atoms with Crippen molar-refractivity contribution >= 4 is 40.1 Å². The average molecular weight is 440 g/mol. The minimum Gasteiger partial charge on any atom is -0.421 e. The van der Waals surface area contributed by atoms with Gasteiger partial charge in [-0.05, 0) is 29.3 Å². The number of fused-ring (bicyclic) bond motifs is 1. The van der Waals surface area contributed by atoms with Crippen molar-refractivity contribution in [2.24, 2.45) is 5.73 Å². The molecule has 4 aromatic rings. The molecule has 30 heavy (non-hydrogen) atoms. The van der Waals surface area contributed by atoms with Gasteiger partial charge in [-0.25, -0.2) is 4.79 Å². The maximum Gasteiger partial charge on any atom is 0.349 e. The molecule has 0 bridgehead atoms. The summed E-state index contributed by atoms with van der Waals surface area (Å²) in [5, 5.41) is 1.03. The molecule has 0 atom stereocenters. The maximum absolute atomic E-state index is 11.4. The van der Waals surface area contributed by atoms with E-state index in [0.29, 0.717) is 16.3 Å². The third-order valence-corrected chi connectivity index (χ3v) is 5.12. The lowest BCUT2D eigenvalue weighted by Gasteiger charge is -2.11. The van der Waals surface area contributed by atoms with Crippen LogP contribution in [0.2, 0.25) is 10.0 Å². The van der Waals surface area contributed by atoms with Crippen LogP contribution in [-0.4, -0.2) is 5.91 Å². The predicted octanol–water partition coefficient (Wildman–Crippen LogP) is 6.04. The van der Waals surface area contributed by atoms with E-state index in [9.17, 15) is 9.59 Å². The van der Waals surface area contributed by atoms with Crippen molar-refractivity contribution in [3.05, 3.63) is 116 Å². The highest BCUT2D eigenvalue weighted by Gasteiger charge is 2.12. The number of carbonyl (C=O) groups excluding carboxylic acids is 1. The number of primary amides is 1. The fraction of sp³-hybridized carbons (Fsp3) is 0.0833. The van der Waals surface area contributed by atoms with Crippen LogP contribution in [0.5, 0.6) is 0 Å². The smallest absolute Gasteiger partial charge is 0.349 e. The van der Waals surface area contributed by atoms with E-state index in [2.05, 4.69) is 67.6 Å². The van der Waals surface area contributed by atoms with E-state index >= 15 is 0 Å². The lowest BCUT2D eigenvalue weighted by molar-refractivity contribution is 0.0997. The minimum atomic E-state index is -0.855. The standard InChI is InChI=1S/C14H14.C10H5Cl2NO3/c1-12(13-8-4-2-5-9-13)14-10-6-3-7-11-14;11-5-1-4-2-6(9(13)14)10(15)16-8(4)7(12)3-5/h2-12H,1H3;1-3H,(H2,13,14). The quantitative estimate of drug-likeness (QED) is 0.395. The summed E-state index contributed by atoms with van der Waals surface area (Å²) in [6.07, 6.45) is 0. The van der Waals surface area contributed by atoms with Crippen LogP contribution < -0.4 is 11.4 Å². The second kappa shape index (κ2) is 9.61. The van der Waals surface area contributed by atoms with Gasteiger partial charge in [-0.1, -0.05) is 90.8 Å². The van der Waals surface area contributed by atoms with Gasteiger partial charge in [0.25, 0.3) is 5.91 Å². The summed E-state index contributed by atoms with van der Waals surface area (Å²) in [5.74, 6) is -0.371. The summed E-state index contributed by atoms with van der Waals surface area (Å²) in [4.78, 5) is 22.3. The molecule has 152 valence electrons. The Kier molecular flexibility index (Phi) is 6.93. The molecule has 0 spiro atoms. The first-order valence-electron chi connectivity index (χ1n) is 9.19. The first-order valence-corrected chi connectivity index (χ1v) is 9.95. The molecule has 4 rings (SSSR count). The molecule has 0 aliphatic carbocycles. The molecule has 0 saturated heterocycles. The van der Waals surface area contributed by atoms with Gasteiger partial charge in [-0.3, -0.25) is 4.79 Å². The second-order valence-corrected chi connectivity index (χ2v) is 7.50. The number of nitrogens with two attached hydrogens (primary N) is 1. The Morgan fingerprint density at radius 1 is 0.900 bits per heavy atom. The van der Waals surface area contributed by atoms with Gasteiger partial charge in [0.05, 0.1) is 5.02 Å². The average Bonchev–Trinajstić information content (AvgIpc) is 2.75. The van der Waals surface area contributed by atoms with Gasteiger partial charge in [0.1, 0.15) is 5.56 Å². The zero-order chi connectivity index (χ0) is 21.7. The molecule has 0 aliphatic heterocycles. The van der Waals surface area contributed by atoms with Crippen molar-refractivity contribution in [1.82, 2.24) is 0 Å². The summed E-state index contributed by atoms with van der Waals surface area (Å²) in [6, 6.07) is 25.5. The van der Waals surface area contributed by atoms with E-state index in [1.165, 1.54) is 29.3 Å². The third-order valence-electron chi connectivity index (χ3n) is 4.62. The van der Waals surface area contributed by atoms with Crippen molar-refractivity contribution in [2.75, 3.05) is 0 Å². The molecule has 1 amide bonds. The number of amides is 1. The number of carbonyl (C=O) groups is 1. The largest absolute Gasteiger partial charge is 0.421 e. The number of hydrogen-bond donors (Lipinski definition) is 1. The Morgan fingerprint density at radius 3 is 1.93 bits per heavy atom. The fourth-order valence-electron chi connectivity index (χ4n) is 3.00. The molecule has 1 aromatic heterocycles. The molecule has 1 heterocycles. The molecule has 0 saturated carbocycles. The van der Waals surface area contributed by atoms with Crippen LogP contribution in [0.3, 0.4) is 0 Å². The fourth-order valence-corrected chi connectivity index (χ4v) is 3.55. The lowest BCUT2D eigenvalue weighted by atomic mass is 9.93. The highest BCUT2D eigenvalue weighted by atomic mass is 35.5. The van der Waals surface area contributed by atoms with Crippen molar-refractivity contribution in [3.8, 4) is 0 Å². The number of benzene rings is 3. The van der Waals surface area contributed by atoms with E-state index in [-0.39, 0.29) is 16.2 Å². The zero-order valence-electron chi connectivity index (χ0n) is 16.1. The molecule has 6 heteroatoms. The highest BCUT2D eigenvalue weighted by Crippen LogP contribution is 2.27. The SMILES string of the molecule is CC(c1ccccc1)c1ccccc1.NC(=O)c1cc2cc(Cl)cc(Cl)c2oc1=O. The molecule has 0 aliphatic rings. The zero-order valence-corrected chi connectivity index (χ0v) is 17.7. The van der Waals surface area contributed by atoms with Crippen LogP contribution in [-0.2, 0) is 0 Å². The number of rotatable bonds is 3. The number of hydrogen-bond acceptors (Lipinski definition) is 3. The van der Waals surface area contributed by atoms with Gasteiger partial charge in [0.2, 0.25) is 0 Å². The van der Waals surface area contributed by atoms with Crippen LogP contribution in [0.4, 0.5) is 0 Å². The van der Waals surface area contributed by atoms with Crippen molar-refractivity contribution in [1.29, 1.82) is 0 Å². The summed E-state index contributed by atoms with van der Waals surface area (Å²) < 4.78 is 4.89. The molecule has 4 nitrogen and oxygen atoms in total. The van der Waals surface area contributed by atoms with Gasteiger partial charge < -0.3 is 10.2 Å². The Balaban J connectivity index is 0.000000172. The lowest BCUT2D eigenvalue weighted by Crippen LogP contribution is -2.20. The van der Waals surface area contributed by atoms with E-state index in [4.69, 9.17) is 33.4 Å². The molecule has 0 fully saturated rings. The predicted molar refractivity (Wildman–Crippen MR) is 121 cm³/mol. The third kappa shape index (κ3) is 5.09. The molecular formula is C24H19Cl2NO3. The van der Waals surface area contributed by atoms with E-state index in [1.807, 2.05) is 0 Å². The van der Waals surface area contributed by atoms with E-state index in [0.717, 1.165) is 0 Å². The normalized spacial score (nSPS) is 10.5. The van der Waals surface area contributed by atoms with Gasteiger partial charge in [0, 0.05) is 16.3 Å². The van der Waals surface area contributed by atoms with E-state index < -0.39 is 11.5 Å². The molecule has 2 N–H and O–H groups in total. The summed E-state index contributed by atoms with van der Waals surface area (Å²) >= 11 is 11.6. The highest BCUT2D eigenvalue weighted by molar-refractivity contribution is 6.38. The van der Waals surface area contributed by atoms with E-state index in [1.54, 1.807) is 0 Å². The second-order valence-electron chi connectivity index (χ2n) is 6.66. The maximum atomic E-state index is 11.4. The van der Waals surface area contributed by atoms with Gasteiger partial charge >= 0.3 is 5.63 Å². The molecule has 3 aromatic carbocycles. The Morgan fingerprint density at radius 2 is 1.43 bits per heavy atom. The summed E-state index contributed by atoms with van der Waals surface area (Å²) in [6.45, 7) is 2.24. The van der Waals surface area contributed by atoms with Gasteiger partial charge in [-0.15, -0.1) is 0 Å². The molecular weight excluding hydrogens is 421 g/mol. The Labute approximate surface area is 183 Å². The Bertz CT molecular complexity index is 1180. The topological polar surface area (TPSA) is 73.3 Å². The summed E-state index contributed by atoms with van der Waals surface area (Å²) in [7, 11) is 0. The number of halogens is 2. The van der Waals surface area contributed by atoms with Crippen LogP contribution >= 0.6 is 23.2 Å². The first kappa shape index (κ1) is 21.6. The van der Waals surface area contributed by atoms with Gasteiger partial charge in [0.15, 0.2) is 5.58 Å². The minimum absolute atomic E-state index is 0.182. The van der Waals surface area contributed by atoms with Crippen molar-refractivity contribution in [2.45, 2.75) is 12.8 Å². The van der Waals surface area contributed by atoms with Crippen molar-refractivity contribution < 1.29 is 9.21 Å². The molecule has 0 unspecified atom stereocenters. The van der Waals surface area contributed by atoms with Crippen LogP contribution in [0.25, 0.3) is 11.0 Å².